The van der Waals surface area contributed by atoms with Crippen LogP contribution in [0.2, 0.25) is 0 Å². The molecule has 16 heteroatoms. The number of ether oxygens (including phenoxy) is 1. The number of carboxylic acid groups (broad SMARTS) is 1. The molecule has 0 amide bonds. The molecule has 0 aliphatic heterocycles. The van der Waals surface area contributed by atoms with Crippen molar-refractivity contribution in [3.05, 3.63) is 58.7 Å². The number of benzene rings is 2. The van der Waals surface area contributed by atoms with Gasteiger partial charge in [-0.05, 0) is 91.3 Å². The molecule has 0 atom stereocenters. The number of carbonyl (C=O) groups is 1. The van der Waals surface area contributed by atoms with Crippen molar-refractivity contribution in [1.82, 2.24) is 20.2 Å². The highest BCUT2D eigenvalue weighted by atomic mass is 19.4. The number of nitrogens with zero attached hydrogens (tertiary/aromatic N) is 7. The summed E-state index contributed by atoms with van der Waals surface area (Å²) in [5.74, 6) is -1.58. The maximum Gasteiger partial charge on any atom is 0.573 e. The molecule has 0 radical (unpaired) electrons. The first-order valence-corrected chi connectivity index (χ1v) is 14.1. The van der Waals surface area contributed by atoms with Gasteiger partial charge in [-0.2, -0.15) is 23.2 Å². The number of carboxylic acids is 1. The van der Waals surface area contributed by atoms with Crippen LogP contribution >= 0.6 is 0 Å². The fourth-order valence-corrected chi connectivity index (χ4v) is 5.53. The average Bonchev–Trinajstić information content (AvgIpc) is 3.41. The number of nitriles is 1. The summed E-state index contributed by atoms with van der Waals surface area (Å²) in [6.45, 7) is 2.46. The molecule has 0 unspecified atom stereocenters. The molecule has 1 saturated carbocycles. The molecule has 0 spiro atoms. The number of tetrazole rings is 1. The predicted molar refractivity (Wildman–Crippen MR) is 149 cm³/mol. The van der Waals surface area contributed by atoms with E-state index in [4.69, 9.17) is 0 Å². The number of aryl methyl sites for hydroxylation is 1. The van der Waals surface area contributed by atoms with Gasteiger partial charge in [0.15, 0.2) is 0 Å². The number of anilines is 2. The first-order chi connectivity index (χ1) is 21.1. The van der Waals surface area contributed by atoms with Gasteiger partial charge < -0.3 is 19.6 Å². The van der Waals surface area contributed by atoms with Crippen molar-refractivity contribution in [3.63, 3.8) is 0 Å². The highest BCUT2D eigenvalue weighted by Crippen LogP contribution is 2.35. The molecule has 1 aliphatic carbocycles. The standard InChI is InChI=1S/C29H31F6N7O3/c1-3-41(15-18-4-6-21(7-5-18)26(43)44)25-9-8-24(45-29(33,34)35)13-22(25)17-42(27-37-39-40(2)38-27)16-20-10-19(14-36)11-23(12-20)28(30,31)32/h8-13,18,21H,3-7,15-17H2,1-2H3,(H,43,44). The van der Waals surface area contributed by atoms with Gasteiger partial charge in [0.1, 0.15) is 5.75 Å². The summed E-state index contributed by atoms with van der Waals surface area (Å²) in [5, 5.41) is 30.7. The van der Waals surface area contributed by atoms with Gasteiger partial charge in [-0.25, -0.2) is 0 Å². The van der Waals surface area contributed by atoms with E-state index in [0.29, 0.717) is 50.0 Å². The molecule has 4 rings (SSSR count). The lowest BCUT2D eigenvalue weighted by molar-refractivity contribution is -0.274. The van der Waals surface area contributed by atoms with E-state index in [1.165, 1.54) is 36.2 Å². The number of alkyl halides is 6. The Balaban J connectivity index is 1.71. The molecular formula is C29H31F6N7O3. The molecule has 3 aromatic rings. The third-order valence-electron chi connectivity index (χ3n) is 7.65. The predicted octanol–water partition coefficient (Wildman–Crippen LogP) is 5.92. The summed E-state index contributed by atoms with van der Waals surface area (Å²) in [4.78, 5) is 15.9. The largest absolute Gasteiger partial charge is 0.573 e. The van der Waals surface area contributed by atoms with Crippen LogP contribution in [-0.4, -0.2) is 50.7 Å². The van der Waals surface area contributed by atoms with Crippen LogP contribution in [0, 0.1) is 23.2 Å². The van der Waals surface area contributed by atoms with Crippen molar-refractivity contribution in [2.75, 3.05) is 22.9 Å². The Bertz CT molecular complexity index is 1530. The van der Waals surface area contributed by atoms with Crippen LogP contribution in [0.4, 0.5) is 38.0 Å². The molecule has 45 heavy (non-hydrogen) atoms. The smallest absolute Gasteiger partial charge is 0.481 e. The van der Waals surface area contributed by atoms with E-state index in [-0.39, 0.29) is 36.1 Å². The fraction of sp³-hybridized carbons (Fsp3) is 0.483. The number of hydrogen-bond donors (Lipinski definition) is 1. The SMILES string of the molecule is CCN(CC1CCC(C(=O)O)CC1)c1ccc(OC(F)(F)F)cc1CN(Cc1cc(C#N)cc(C(F)(F)F)c1)c1nnn(C)n1. The van der Waals surface area contributed by atoms with E-state index in [1.807, 2.05) is 11.8 Å². The zero-order chi connectivity index (χ0) is 32.9. The van der Waals surface area contributed by atoms with Gasteiger partial charge in [-0.3, -0.25) is 4.79 Å². The average molecular weight is 640 g/mol. The molecule has 1 N–H and O–H groups in total. The third-order valence-corrected chi connectivity index (χ3v) is 7.65. The second kappa shape index (κ2) is 13.6. The molecule has 1 aromatic heterocycles. The van der Waals surface area contributed by atoms with Crippen molar-refractivity contribution in [1.29, 1.82) is 5.26 Å². The zero-order valence-corrected chi connectivity index (χ0v) is 24.4. The van der Waals surface area contributed by atoms with Gasteiger partial charge in [-0.1, -0.05) is 5.10 Å². The second-order valence-electron chi connectivity index (χ2n) is 10.9. The number of hydrogen-bond acceptors (Lipinski definition) is 8. The van der Waals surface area contributed by atoms with Crippen molar-refractivity contribution < 1.29 is 41.0 Å². The van der Waals surface area contributed by atoms with Gasteiger partial charge in [-0.15, -0.1) is 18.3 Å². The van der Waals surface area contributed by atoms with E-state index < -0.39 is 35.7 Å². The Labute approximate surface area is 254 Å². The topological polar surface area (TPSA) is 120 Å². The quantitative estimate of drug-likeness (QED) is 0.255. The summed E-state index contributed by atoms with van der Waals surface area (Å²) in [7, 11) is 1.48. The Morgan fingerprint density at radius 2 is 1.78 bits per heavy atom. The Kier molecular flexibility index (Phi) is 10.1. The molecular weight excluding hydrogens is 608 g/mol. The summed E-state index contributed by atoms with van der Waals surface area (Å²) in [6, 6.07) is 8.52. The van der Waals surface area contributed by atoms with E-state index in [2.05, 4.69) is 20.1 Å². The molecule has 1 aliphatic rings. The highest BCUT2D eigenvalue weighted by Gasteiger charge is 2.33. The van der Waals surface area contributed by atoms with Gasteiger partial charge in [0.2, 0.25) is 0 Å². The van der Waals surface area contributed by atoms with E-state index in [0.717, 1.165) is 16.9 Å². The summed E-state index contributed by atoms with van der Waals surface area (Å²) in [5.41, 5.74) is -0.246. The van der Waals surface area contributed by atoms with Crippen LogP contribution in [0.1, 0.15) is 54.9 Å². The minimum absolute atomic E-state index is 0.00319. The second-order valence-corrected chi connectivity index (χ2v) is 10.9. The molecule has 0 saturated heterocycles. The van der Waals surface area contributed by atoms with Crippen LogP contribution in [-0.2, 0) is 31.1 Å². The van der Waals surface area contributed by atoms with Crippen molar-refractivity contribution in [2.24, 2.45) is 18.9 Å². The normalized spacial score (nSPS) is 17.0. The fourth-order valence-electron chi connectivity index (χ4n) is 5.53. The highest BCUT2D eigenvalue weighted by molar-refractivity contribution is 5.70. The number of aromatic nitrogens is 4. The maximum atomic E-state index is 13.6. The van der Waals surface area contributed by atoms with Crippen molar-refractivity contribution >= 4 is 17.6 Å². The third kappa shape index (κ3) is 8.99. The van der Waals surface area contributed by atoms with E-state index >= 15 is 0 Å². The van der Waals surface area contributed by atoms with Crippen LogP contribution in [0.3, 0.4) is 0 Å². The Morgan fingerprint density at radius 3 is 2.33 bits per heavy atom. The first kappa shape index (κ1) is 33.3. The lowest BCUT2D eigenvalue weighted by Crippen LogP contribution is -2.34. The summed E-state index contributed by atoms with van der Waals surface area (Å²) >= 11 is 0. The zero-order valence-electron chi connectivity index (χ0n) is 24.4. The van der Waals surface area contributed by atoms with Gasteiger partial charge in [0.25, 0.3) is 5.95 Å². The molecule has 1 heterocycles. The Morgan fingerprint density at radius 1 is 1.07 bits per heavy atom. The molecule has 242 valence electrons. The van der Waals surface area contributed by atoms with Crippen molar-refractivity contribution in [3.8, 4) is 11.8 Å². The first-order valence-electron chi connectivity index (χ1n) is 14.1. The van der Waals surface area contributed by atoms with Crippen LogP contribution in [0.15, 0.2) is 36.4 Å². The van der Waals surface area contributed by atoms with E-state index in [1.54, 1.807) is 6.07 Å². The minimum Gasteiger partial charge on any atom is -0.481 e. The lowest BCUT2D eigenvalue weighted by atomic mass is 9.81. The van der Waals surface area contributed by atoms with Gasteiger partial charge in [0, 0.05) is 31.9 Å². The molecule has 2 aromatic carbocycles. The monoisotopic (exact) mass is 639 g/mol. The summed E-state index contributed by atoms with van der Waals surface area (Å²) in [6.07, 6.45) is -7.30. The number of aliphatic carboxylic acids is 1. The van der Waals surface area contributed by atoms with Crippen LogP contribution in [0.25, 0.3) is 0 Å². The van der Waals surface area contributed by atoms with Crippen LogP contribution < -0.4 is 14.5 Å². The summed E-state index contributed by atoms with van der Waals surface area (Å²) < 4.78 is 84.6. The van der Waals surface area contributed by atoms with Gasteiger partial charge >= 0.3 is 18.5 Å². The molecule has 0 bridgehead atoms. The molecule has 10 nitrogen and oxygen atoms in total. The number of halogens is 6. The number of rotatable bonds is 11. The maximum absolute atomic E-state index is 13.6. The molecule has 1 fully saturated rings. The van der Waals surface area contributed by atoms with E-state index in [9.17, 15) is 41.5 Å². The lowest BCUT2D eigenvalue weighted by Gasteiger charge is -2.34. The van der Waals surface area contributed by atoms with Gasteiger partial charge in [0.05, 0.1) is 30.2 Å². The van der Waals surface area contributed by atoms with Crippen molar-refractivity contribution in [2.45, 2.75) is 58.2 Å². The van der Waals surface area contributed by atoms with Crippen LogP contribution in [0.5, 0.6) is 5.75 Å². The minimum atomic E-state index is -4.97. The Hall–Kier alpha value is -4.55.